The Hall–Kier alpha value is -2.50. The molecule has 3 aromatic rings. The standard InChI is InChI=1S/C21H24N2O3.ClH/c1-23(11-10-15-8-9-20(25-2)21(12-15)26-3)14-19(24)17-13-22-18-7-5-4-6-16(17)18;/h4-9,12-13,22H,10-11,14H2,1-3H3;1H. The molecule has 5 nitrogen and oxygen atoms in total. The number of nitrogens with one attached hydrogen (secondary N) is 1. The fraction of sp³-hybridized carbons (Fsp3) is 0.286. The maximum absolute atomic E-state index is 12.6. The third-order valence-electron chi connectivity index (χ3n) is 4.53. The van der Waals surface area contributed by atoms with Crippen LogP contribution < -0.4 is 9.47 Å². The minimum Gasteiger partial charge on any atom is -0.493 e. The van der Waals surface area contributed by atoms with E-state index in [4.69, 9.17) is 9.47 Å². The molecule has 0 aliphatic rings. The van der Waals surface area contributed by atoms with Crippen LogP contribution in [0.1, 0.15) is 15.9 Å². The summed E-state index contributed by atoms with van der Waals surface area (Å²) in [6, 6.07) is 13.8. The second kappa shape index (κ2) is 9.44. The molecular formula is C21H25ClN2O3. The summed E-state index contributed by atoms with van der Waals surface area (Å²) >= 11 is 0. The molecule has 1 aromatic heterocycles. The number of hydrogen-bond donors (Lipinski definition) is 1. The number of nitrogens with zero attached hydrogens (tertiary/aromatic N) is 1. The van der Waals surface area contributed by atoms with E-state index in [0.717, 1.165) is 46.5 Å². The highest BCUT2D eigenvalue weighted by molar-refractivity contribution is 6.08. The van der Waals surface area contributed by atoms with Crippen LogP contribution in [-0.4, -0.2) is 50.0 Å². The number of halogens is 1. The molecule has 144 valence electrons. The number of aromatic amines is 1. The van der Waals surface area contributed by atoms with Gasteiger partial charge in [-0.3, -0.25) is 9.69 Å². The number of rotatable bonds is 8. The van der Waals surface area contributed by atoms with E-state index in [-0.39, 0.29) is 18.2 Å². The van der Waals surface area contributed by atoms with Crippen molar-refractivity contribution in [3.63, 3.8) is 0 Å². The lowest BCUT2D eigenvalue weighted by Crippen LogP contribution is -2.28. The predicted molar refractivity (Wildman–Crippen MR) is 111 cm³/mol. The van der Waals surface area contributed by atoms with Crippen LogP contribution in [0.25, 0.3) is 10.9 Å². The highest BCUT2D eigenvalue weighted by Gasteiger charge is 2.14. The number of likely N-dealkylation sites (N-methyl/N-ethyl adjacent to an activating group) is 1. The second-order valence-corrected chi connectivity index (χ2v) is 6.35. The van der Waals surface area contributed by atoms with Crippen LogP contribution in [-0.2, 0) is 6.42 Å². The molecule has 1 N–H and O–H groups in total. The fourth-order valence-corrected chi connectivity index (χ4v) is 3.07. The number of fused-ring (bicyclic) bond motifs is 1. The molecule has 0 amide bonds. The van der Waals surface area contributed by atoms with Crippen LogP contribution in [0.2, 0.25) is 0 Å². The van der Waals surface area contributed by atoms with Crippen LogP contribution in [0, 0.1) is 0 Å². The molecule has 0 saturated heterocycles. The van der Waals surface area contributed by atoms with Crippen molar-refractivity contribution in [2.75, 3.05) is 34.4 Å². The van der Waals surface area contributed by atoms with Gasteiger partial charge in [0.2, 0.25) is 0 Å². The van der Waals surface area contributed by atoms with E-state index in [1.807, 2.05) is 54.4 Å². The summed E-state index contributed by atoms with van der Waals surface area (Å²) in [5.41, 5.74) is 2.89. The van der Waals surface area contributed by atoms with Gasteiger partial charge in [0, 0.05) is 29.2 Å². The van der Waals surface area contributed by atoms with Crippen molar-refractivity contribution in [3.8, 4) is 11.5 Å². The average molecular weight is 389 g/mol. The SMILES string of the molecule is COc1ccc(CCN(C)CC(=O)c2c[nH]c3ccccc23)cc1OC.Cl. The molecule has 2 aromatic carbocycles. The fourth-order valence-electron chi connectivity index (χ4n) is 3.07. The molecule has 6 heteroatoms. The van der Waals surface area contributed by atoms with Gasteiger partial charge in [-0.15, -0.1) is 12.4 Å². The van der Waals surface area contributed by atoms with E-state index >= 15 is 0 Å². The zero-order chi connectivity index (χ0) is 18.5. The van der Waals surface area contributed by atoms with Gasteiger partial charge in [0.1, 0.15) is 0 Å². The van der Waals surface area contributed by atoms with Gasteiger partial charge in [0.05, 0.1) is 20.8 Å². The number of para-hydroxylation sites is 1. The Morgan fingerprint density at radius 2 is 1.81 bits per heavy atom. The number of ketones is 1. The lowest BCUT2D eigenvalue weighted by atomic mass is 10.1. The number of benzene rings is 2. The highest BCUT2D eigenvalue weighted by atomic mass is 35.5. The first-order chi connectivity index (χ1) is 12.6. The molecule has 0 aliphatic heterocycles. The Bertz CT molecular complexity index is 907. The monoisotopic (exact) mass is 388 g/mol. The van der Waals surface area contributed by atoms with Crippen LogP contribution >= 0.6 is 12.4 Å². The smallest absolute Gasteiger partial charge is 0.178 e. The van der Waals surface area contributed by atoms with Crippen LogP contribution in [0.4, 0.5) is 0 Å². The molecule has 0 aliphatic carbocycles. The van der Waals surface area contributed by atoms with E-state index in [1.165, 1.54) is 0 Å². The Labute approximate surface area is 165 Å². The summed E-state index contributed by atoms with van der Waals surface area (Å²) < 4.78 is 10.6. The molecule has 1 heterocycles. The van der Waals surface area contributed by atoms with Crippen molar-refractivity contribution < 1.29 is 14.3 Å². The maximum atomic E-state index is 12.6. The van der Waals surface area contributed by atoms with Crippen LogP contribution in [0.3, 0.4) is 0 Å². The first-order valence-electron chi connectivity index (χ1n) is 8.61. The number of methoxy groups -OCH3 is 2. The summed E-state index contributed by atoms with van der Waals surface area (Å²) in [7, 11) is 5.22. The number of hydrogen-bond acceptors (Lipinski definition) is 4. The van der Waals surface area contributed by atoms with Gasteiger partial charge < -0.3 is 14.5 Å². The minimum absolute atomic E-state index is 0. The molecule has 27 heavy (non-hydrogen) atoms. The summed E-state index contributed by atoms with van der Waals surface area (Å²) in [4.78, 5) is 17.8. The molecule has 0 bridgehead atoms. The molecule has 0 radical (unpaired) electrons. The van der Waals surface area contributed by atoms with Gasteiger partial charge in [-0.05, 0) is 37.2 Å². The number of ether oxygens (including phenoxy) is 2. The van der Waals surface area contributed by atoms with Gasteiger partial charge in [0.15, 0.2) is 17.3 Å². The van der Waals surface area contributed by atoms with E-state index in [2.05, 4.69) is 4.98 Å². The lowest BCUT2D eigenvalue weighted by molar-refractivity contribution is 0.0948. The maximum Gasteiger partial charge on any atom is 0.178 e. The van der Waals surface area contributed by atoms with E-state index in [0.29, 0.717) is 6.54 Å². The average Bonchev–Trinajstić information content (AvgIpc) is 3.10. The third-order valence-corrected chi connectivity index (χ3v) is 4.53. The summed E-state index contributed by atoms with van der Waals surface area (Å²) in [6.45, 7) is 1.17. The first kappa shape index (κ1) is 20.8. The predicted octanol–water partition coefficient (Wildman–Crippen LogP) is 3.96. The van der Waals surface area contributed by atoms with Crippen molar-refractivity contribution in [3.05, 3.63) is 59.8 Å². The van der Waals surface area contributed by atoms with E-state index in [1.54, 1.807) is 20.4 Å². The molecule has 0 unspecified atom stereocenters. The van der Waals surface area contributed by atoms with Gasteiger partial charge in [-0.1, -0.05) is 24.3 Å². The second-order valence-electron chi connectivity index (χ2n) is 6.35. The van der Waals surface area contributed by atoms with E-state index < -0.39 is 0 Å². The molecule has 0 saturated carbocycles. The number of Topliss-reactive ketones (excluding diaryl/α,β-unsaturated/α-hetero) is 1. The molecule has 3 rings (SSSR count). The number of carbonyl (C=O) groups excluding carboxylic acids is 1. The third kappa shape index (κ3) is 4.81. The zero-order valence-corrected chi connectivity index (χ0v) is 16.6. The summed E-state index contributed by atoms with van der Waals surface area (Å²) in [6.07, 6.45) is 2.63. The highest BCUT2D eigenvalue weighted by Crippen LogP contribution is 2.27. The van der Waals surface area contributed by atoms with Crippen molar-refractivity contribution in [1.29, 1.82) is 0 Å². The minimum atomic E-state index is 0. The lowest BCUT2D eigenvalue weighted by Gasteiger charge is -2.16. The van der Waals surface area contributed by atoms with Crippen molar-refractivity contribution in [1.82, 2.24) is 9.88 Å². The Kier molecular flexibility index (Phi) is 7.28. The van der Waals surface area contributed by atoms with Gasteiger partial charge in [-0.2, -0.15) is 0 Å². The Morgan fingerprint density at radius 1 is 1.07 bits per heavy atom. The van der Waals surface area contributed by atoms with Crippen molar-refractivity contribution in [2.24, 2.45) is 0 Å². The number of H-pyrrole nitrogens is 1. The van der Waals surface area contributed by atoms with Crippen molar-refractivity contribution in [2.45, 2.75) is 6.42 Å². The van der Waals surface area contributed by atoms with Gasteiger partial charge in [0.25, 0.3) is 0 Å². The quantitative estimate of drug-likeness (QED) is 0.593. The van der Waals surface area contributed by atoms with Crippen LogP contribution in [0.15, 0.2) is 48.7 Å². The largest absolute Gasteiger partial charge is 0.493 e. The van der Waals surface area contributed by atoms with Crippen LogP contribution in [0.5, 0.6) is 11.5 Å². The topological polar surface area (TPSA) is 54.6 Å². The van der Waals surface area contributed by atoms with E-state index in [9.17, 15) is 4.79 Å². The zero-order valence-electron chi connectivity index (χ0n) is 15.8. The first-order valence-corrected chi connectivity index (χ1v) is 8.61. The molecule has 0 atom stereocenters. The summed E-state index contributed by atoms with van der Waals surface area (Å²) in [5, 5.41) is 0.978. The number of carbonyl (C=O) groups is 1. The molecule has 0 spiro atoms. The Balaban J connectivity index is 0.00000261. The van der Waals surface area contributed by atoms with Crippen molar-refractivity contribution >= 4 is 29.1 Å². The normalized spacial score (nSPS) is 10.7. The van der Waals surface area contributed by atoms with Gasteiger partial charge in [-0.25, -0.2) is 0 Å². The summed E-state index contributed by atoms with van der Waals surface area (Å²) in [5.74, 6) is 1.57. The van der Waals surface area contributed by atoms with Gasteiger partial charge >= 0.3 is 0 Å². The molecular weight excluding hydrogens is 364 g/mol. The molecule has 0 fully saturated rings. The number of aromatic nitrogens is 1. The Morgan fingerprint density at radius 3 is 2.56 bits per heavy atom.